The van der Waals surface area contributed by atoms with Gasteiger partial charge in [-0.3, -0.25) is 0 Å². The van der Waals surface area contributed by atoms with E-state index in [1.165, 1.54) is 33.0 Å². The molecule has 0 saturated heterocycles. The fourth-order valence-corrected chi connectivity index (χ4v) is 5.42. The second-order valence-electron chi connectivity index (χ2n) is 9.29. The Bertz CT molecular complexity index is 1860. The molecular weight excluding hydrogens is 448 g/mol. The van der Waals surface area contributed by atoms with Crippen LogP contribution in [0.2, 0.25) is 0 Å². The first-order valence-electron chi connectivity index (χ1n) is 12.6. The summed E-state index contributed by atoms with van der Waals surface area (Å²) >= 11 is 0. The third kappa shape index (κ3) is 3.64. The van der Waals surface area contributed by atoms with Crippen LogP contribution in [-0.2, 0) is 0 Å². The Morgan fingerprint density at radius 3 is 1.32 bits per heavy atom. The minimum Gasteiger partial charge on any atom is -0.455 e. The molecule has 0 radical (unpaired) electrons. The molecule has 1 nitrogen and oxygen atoms in total. The van der Waals surface area contributed by atoms with E-state index >= 15 is 0 Å². The highest BCUT2D eigenvalue weighted by atomic mass is 16.3. The van der Waals surface area contributed by atoms with Crippen molar-refractivity contribution in [1.82, 2.24) is 0 Å². The Hall–Kier alpha value is -4.88. The molecular formula is C36H24O. The molecule has 37 heavy (non-hydrogen) atoms. The summed E-state index contributed by atoms with van der Waals surface area (Å²) in [5.41, 5.74) is 6.99. The normalized spacial score (nSPS) is 11.2. The van der Waals surface area contributed by atoms with Crippen LogP contribution in [0.15, 0.2) is 150 Å². The van der Waals surface area contributed by atoms with Gasteiger partial charge in [-0.05, 0) is 33.0 Å². The summed E-state index contributed by atoms with van der Waals surface area (Å²) in [6.45, 7) is 0. The quantitative estimate of drug-likeness (QED) is 0.248. The lowest BCUT2D eigenvalue weighted by Gasteiger charge is -2.10. The molecule has 0 aliphatic carbocycles. The number of rotatable bonds is 4. The average molecular weight is 473 g/mol. The van der Waals surface area contributed by atoms with Gasteiger partial charge in [-0.15, -0.1) is 0 Å². The van der Waals surface area contributed by atoms with Gasteiger partial charge in [0.1, 0.15) is 11.5 Å². The zero-order valence-corrected chi connectivity index (χ0v) is 20.3. The van der Waals surface area contributed by atoms with E-state index in [1.807, 2.05) is 0 Å². The van der Waals surface area contributed by atoms with Gasteiger partial charge in [-0.1, -0.05) is 146 Å². The summed E-state index contributed by atoms with van der Waals surface area (Å²) in [5, 5.41) is 4.65. The average Bonchev–Trinajstić information content (AvgIpc) is 3.37. The Kier molecular flexibility index (Phi) is 5.19. The van der Waals surface area contributed by atoms with Gasteiger partial charge in [0.05, 0.1) is 0 Å². The highest BCUT2D eigenvalue weighted by molar-refractivity contribution is 6.11. The monoisotopic (exact) mass is 472 g/mol. The van der Waals surface area contributed by atoms with E-state index in [1.54, 1.807) is 0 Å². The lowest BCUT2D eigenvalue weighted by molar-refractivity contribution is 0.603. The van der Waals surface area contributed by atoms with E-state index in [9.17, 15) is 0 Å². The molecule has 1 heteroatoms. The molecule has 6 aromatic carbocycles. The van der Waals surface area contributed by atoms with Gasteiger partial charge in [0.25, 0.3) is 0 Å². The van der Waals surface area contributed by atoms with Gasteiger partial charge in [0.2, 0.25) is 0 Å². The maximum absolute atomic E-state index is 6.85. The van der Waals surface area contributed by atoms with Gasteiger partial charge >= 0.3 is 0 Å². The van der Waals surface area contributed by atoms with Crippen molar-refractivity contribution in [2.75, 3.05) is 0 Å². The fourth-order valence-electron chi connectivity index (χ4n) is 5.42. The van der Waals surface area contributed by atoms with Crippen LogP contribution < -0.4 is 0 Å². The van der Waals surface area contributed by atoms with Gasteiger partial charge < -0.3 is 4.42 Å². The smallest absolute Gasteiger partial charge is 0.143 e. The number of hydrogen-bond acceptors (Lipinski definition) is 1. The zero-order chi connectivity index (χ0) is 24.6. The second kappa shape index (κ2) is 8.96. The first-order valence-corrected chi connectivity index (χ1v) is 12.6. The predicted octanol–water partition coefficient (Wildman–Crippen LogP) is 10.3. The van der Waals surface area contributed by atoms with E-state index in [0.717, 1.165) is 33.4 Å². The maximum atomic E-state index is 6.85. The number of benzene rings is 6. The van der Waals surface area contributed by atoms with Crippen molar-refractivity contribution < 1.29 is 4.42 Å². The van der Waals surface area contributed by atoms with Crippen LogP contribution in [0.25, 0.3) is 66.4 Å². The standard InChI is InChI=1S/C36H24O/c1-3-13-25(14-4-1)27-21-11-23-30-29(27)22-12-24-32(30)36-34-20-10-9-19-33(34)35(37-36)31-18-8-7-17-28(31)26-15-5-2-6-16-26/h1-24H. The molecule has 0 atom stereocenters. The molecule has 0 amide bonds. The highest BCUT2D eigenvalue weighted by Crippen LogP contribution is 2.44. The number of furan rings is 1. The van der Waals surface area contributed by atoms with Crippen LogP contribution >= 0.6 is 0 Å². The topological polar surface area (TPSA) is 13.1 Å². The first kappa shape index (κ1) is 21.4. The van der Waals surface area contributed by atoms with E-state index < -0.39 is 0 Å². The molecule has 7 aromatic rings. The Labute approximate surface area is 216 Å². The summed E-state index contributed by atoms with van der Waals surface area (Å²) in [6, 6.07) is 51.2. The molecule has 0 spiro atoms. The largest absolute Gasteiger partial charge is 0.455 e. The van der Waals surface area contributed by atoms with E-state index in [4.69, 9.17) is 4.42 Å². The lowest BCUT2D eigenvalue weighted by Crippen LogP contribution is -1.85. The third-order valence-corrected chi connectivity index (χ3v) is 7.13. The van der Waals surface area contributed by atoms with Crippen LogP contribution in [-0.4, -0.2) is 0 Å². The summed E-state index contributed by atoms with van der Waals surface area (Å²) in [6.07, 6.45) is 0. The Morgan fingerprint density at radius 1 is 0.270 bits per heavy atom. The van der Waals surface area contributed by atoms with Crippen LogP contribution in [0.1, 0.15) is 0 Å². The maximum Gasteiger partial charge on any atom is 0.143 e. The molecule has 1 aromatic heterocycles. The molecule has 7 rings (SSSR count). The SMILES string of the molecule is c1ccc(-c2ccccc2-c2oc(-c3cccc4c(-c5ccccc5)cccc34)c3ccccc23)cc1. The fraction of sp³-hybridized carbons (Fsp3) is 0. The minimum atomic E-state index is 0.904. The molecule has 0 aliphatic rings. The van der Waals surface area contributed by atoms with Crippen LogP contribution in [0, 0.1) is 0 Å². The van der Waals surface area contributed by atoms with Crippen LogP contribution in [0.4, 0.5) is 0 Å². The Balaban J connectivity index is 1.48. The molecule has 0 N–H and O–H groups in total. The van der Waals surface area contributed by atoms with E-state index in [2.05, 4.69) is 146 Å². The van der Waals surface area contributed by atoms with Crippen molar-refractivity contribution in [2.24, 2.45) is 0 Å². The van der Waals surface area contributed by atoms with Gasteiger partial charge in [0.15, 0.2) is 0 Å². The number of hydrogen-bond donors (Lipinski definition) is 0. The molecule has 0 aliphatic heterocycles. The van der Waals surface area contributed by atoms with Crippen molar-refractivity contribution in [2.45, 2.75) is 0 Å². The van der Waals surface area contributed by atoms with Crippen molar-refractivity contribution >= 4 is 21.5 Å². The molecule has 0 saturated carbocycles. The molecule has 174 valence electrons. The van der Waals surface area contributed by atoms with E-state index in [-0.39, 0.29) is 0 Å². The van der Waals surface area contributed by atoms with Gasteiger partial charge in [-0.2, -0.15) is 0 Å². The lowest BCUT2D eigenvalue weighted by atomic mass is 9.94. The third-order valence-electron chi connectivity index (χ3n) is 7.13. The van der Waals surface area contributed by atoms with Crippen molar-refractivity contribution in [3.05, 3.63) is 146 Å². The van der Waals surface area contributed by atoms with Crippen LogP contribution in [0.3, 0.4) is 0 Å². The highest BCUT2D eigenvalue weighted by Gasteiger charge is 2.20. The van der Waals surface area contributed by atoms with Crippen molar-refractivity contribution in [1.29, 1.82) is 0 Å². The molecule has 1 heterocycles. The molecule has 0 unspecified atom stereocenters. The first-order chi connectivity index (χ1) is 18.4. The minimum absolute atomic E-state index is 0.904. The number of fused-ring (bicyclic) bond motifs is 2. The Morgan fingerprint density at radius 2 is 0.676 bits per heavy atom. The zero-order valence-electron chi connectivity index (χ0n) is 20.3. The van der Waals surface area contributed by atoms with E-state index in [0.29, 0.717) is 0 Å². The summed E-state index contributed by atoms with van der Waals surface area (Å²) in [7, 11) is 0. The van der Waals surface area contributed by atoms with Crippen molar-refractivity contribution in [3.8, 4) is 44.9 Å². The van der Waals surface area contributed by atoms with Gasteiger partial charge in [0, 0.05) is 21.9 Å². The van der Waals surface area contributed by atoms with Crippen molar-refractivity contribution in [3.63, 3.8) is 0 Å². The summed E-state index contributed by atoms with van der Waals surface area (Å²) in [5.74, 6) is 1.81. The molecule has 0 fully saturated rings. The van der Waals surface area contributed by atoms with Gasteiger partial charge in [-0.25, -0.2) is 0 Å². The second-order valence-corrected chi connectivity index (χ2v) is 9.29. The summed E-state index contributed by atoms with van der Waals surface area (Å²) < 4.78 is 6.85. The van der Waals surface area contributed by atoms with Crippen LogP contribution in [0.5, 0.6) is 0 Å². The summed E-state index contributed by atoms with van der Waals surface area (Å²) in [4.78, 5) is 0. The predicted molar refractivity (Wildman–Crippen MR) is 155 cm³/mol. The molecule has 0 bridgehead atoms.